The largest absolute Gasteiger partial charge is 0.452 e. The number of rotatable bonds is 6. The molecule has 4 nitrogen and oxygen atoms in total. The van der Waals surface area contributed by atoms with E-state index in [-0.39, 0.29) is 11.1 Å². The van der Waals surface area contributed by atoms with Gasteiger partial charge in [0, 0.05) is 19.6 Å². The van der Waals surface area contributed by atoms with Gasteiger partial charge in [-0.1, -0.05) is 6.92 Å². The maximum absolute atomic E-state index is 12.2. The van der Waals surface area contributed by atoms with E-state index in [1.165, 1.54) is 6.26 Å². The van der Waals surface area contributed by atoms with Crippen LogP contribution in [0.2, 0.25) is 5.22 Å². The molecule has 0 saturated carbocycles. The van der Waals surface area contributed by atoms with Crippen LogP contribution in [0.3, 0.4) is 0 Å². The van der Waals surface area contributed by atoms with Crippen molar-refractivity contribution in [1.29, 1.82) is 0 Å². The highest BCUT2D eigenvalue weighted by molar-refractivity contribution is 6.32. The van der Waals surface area contributed by atoms with E-state index in [1.807, 2.05) is 25.9 Å². The van der Waals surface area contributed by atoms with Gasteiger partial charge in [0.15, 0.2) is 0 Å². The summed E-state index contributed by atoms with van der Waals surface area (Å²) in [7, 11) is 3.97. The predicted molar refractivity (Wildman–Crippen MR) is 68.5 cm³/mol. The minimum atomic E-state index is -0.0625. The van der Waals surface area contributed by atoms with Crippen molar-refractivity contribution in [2.24, 2.45) is 0 Å². The lowest BCUT2D eigenvalue weighted by Crippen LogP contribution is -2.37. The van der Waals surface area contributed by atoms with Gasteiger partial charge in [-0.2, -0.15) is 0 Å². The van der Waals surface area contributed by atoms with Gasteiger partial charge in [0.1, 0.15) is 0 Å². The fraction of sp³-hybridized carbons (Fsp3) is 0.583. The van der Waals surface area contributed by atoms with Gasteiger partial charge < -0.3 is 14.2 Å². The van der Waals surface area contributed by atoms with Gasteiger partial charge in [-0.3, -0.25) is 4.79 Å². The minimum Gasteiger partial charge on any atom is -0.452 e. The Kier molecular flexibility index (Phi) is 5.51. The second-order valence-electron chi connectivity index (χ2n) is 4.20. The van der Waals surface area contributed by atoms with Gasteiger partial charge in [0.25, 0.3) is 5.91 Å². The van der Waals surface area contributed by atoms with Gasteiger partial charge in [-0.25, -0.2) is 0 Å². The average molecular weight is 259 g/mol. The molecule has 0 fully saturated rings. The fourth-order valence-electron chi connectivity index (χ4n) is 1.52. The second kappa shape index (κ2) is 6.67. The summed E-state index contributed by atoms with van der Waals surface area (Å²) in [6.07, 6.45) is 2.36. The zero-order chi connectivity index (χ0) is 12.8. The lowest BCUT2D eigenvalue weighted by molar-refractivity contribution is 0.0744. The van der Waals surface area contributed by atoms with Gasteiger partial charge in [0.05, 0.1) is 11.8 Å². The highest BCUT2D eigenvalue weighted by atomic mass is 35.5. The Balaban J connectivity index is 2.70. The first-order chi connectivity index (χ1) is 8.06. The van der Waals surface area contributed by atoms with Gasteiger partial charge in [-0.05, 0) is 38.2 Å². The van der Waals surface area contributed by atoms with Crippen molar-refractivity contribution in [1.82, 2.24) is 9.80 Å². The number of carbonyl (C=O) groups is 1. The molecule has 0 atom stereocenters. The van der Waals surface area contributed by atoms with Crippen LogP contribution in [0.5, 0.6) is 0 Å². The molecule has 1 amide bonds. The molecule has 0 aliphatic carbocycles. The quantitative estimate of drug-likeness (QED) is 0.786. The number of amides is 1. The Labute approximate surface area is 107 Å². The van der Waals surface area contributed by atoms with E-state index < -0.39 is 0 Å². The van der Waals surface area contributed by atoms with Crippen LogP contribution in [0.1, 0.15) is 23.7 Å². The van der Waals surface area contributed by atoms with Crippen molar-refractivity contribution in [3.63, 3.8) is 0 Å². The summed E-state index contributed by atoms with van der Waals surface area (Å²) in [6, 6.07) is 1.61. The van der Waals surface area contributed by atoms with Crippen LogP contribution in [0.25, 0.3) is 0 Å². The molecule has 17 heavy (non-hydrogen) atoms. The highest BCUT2D eigenvalue weighted by Gasteiger charge is 2.19. The normalized spacial score (nSPS) is 10.9. The number of hydrogen-bond donors (Lipinski definition) is 0. The standard InChI is InChI=1S/C12H19ClN2O2/c1-4-6-15(8-7-14(2)3)12(16)10-5-9-17-11(10)13/h5,9H,4,6-8H2,1-3H3. The Bertz CT molecular complexity index is 363. The van der Waals surface area contributed by atoms with E-state index in [0.29, 0.717) is 12.1 Å². The summed E-state index contributed by atoms with van der Waals surface area (Å²) < 4.78 is 4.95. The molecular weight excluding hydrogens is 240 g/mol. The van der Waals surface area contributed by atoms with Crippen LogP contribution in [-0.2, 0) is 0 Å². The highest BCUT2D eigenvalue weighted by Crippen LogP contribution is 2.18. The van der Waals surface area contributed by atoms with Crippen molar-refractivity contribution in [3.05, 3.63) is 23.1 Å². The molecule has 0 N–H and O–H groups in total. The van der Waals surface area contributed by atoms with E-state index in [0.717, 1.165) is 19.5 Å². The molecule has 0 aliphatic heterocycles. The maximum atomic E-state index is 12.2. The van der Waals surface area contributed by atoms with E-state index in [2.05, 4.69) is 0 Å². The first kappa shape index (κ1) is 14.1. The van der Waals surface area contributed by atoms with E-state index in [4.69, 9.17) is 16.0 Å². The van der Waals surface area contributed by atoms with Crippen LogP contribution < -0.4 is 0 Å². The molecule has 0 aromatic carbocycles. The smallest absolute Gasteiger partial charge is 0.258 e. The van der Waals surface area contributed by atoms with Crippen LogP contribution in [0.4, 0.5) is 0 Å². The van der Waals surface area contributed by atoms with Crippen molar-refractivity contribution < 1.29 is 9.21 Å². The first-order valence-electron chi connectivity index (χ1n) is 5.73. The predicted octanol–water partition coefficient (Wildman–Crippen LogP) is 2.35. The molecule has 0 saturated heterocycles. The van der Waals surface area contributed by atoms with Gasteiger partial charge in [-0.15, -0.1) is 0 Å². The van der Waals surface area contributed by atoms with Gasteiger partial charge >= 0.3 is 0 Å². The lowest BCUT2D eigenvalue weighted by atomic mass is 10.2. The summed E-state index contributed by atoms with van der Waals surface area (Å²) in [5.41, 5.74) is 0.443. The third-order valence-corrected chi connectivity index (χ3v) is 2.74. The molecule has 1 heterocycles. The number of carbonyl (C=O) groups excluding carboxylic acids is 1. The van der Waals surface area contributed by atoms with Crippen LogP contribution in [-0.4, -0.2) is 49.4 Å². The molecule has 0 bridgehead atoms. The zero-order valence-electron chi connectivity index (χ0n) is 10.6. The topological polar surface area (TPSA) is 36.7 Å². The van der Waals surface area contributed by atoms with Crippen LogP contribution in [0, 0.1) is 0 Å². The Hall–Kier alpha value is -1.00. The summed E-state index contributed by atoms with van der Waals surface area (Å²) in [5.74, 6) is -0.0625. The van der Waals surface area contributed by atoms with Crippen LogP contribution >= 0.6 is 11.6 Å². The molecule has 1 aromatic rings. The molecule has 1 aromatic heterocycles. The Morgan fingerprint density at radius 1 is 1.35 bits per heavy atom. The summed E-state index contributed by atoms with van der Waals surface area (Å²) in [6.45, 7) is 4.31. The summed E-state index contributed by atoms with van der Waals surface area (Å²) in [5, 5.41) is 0.168. The van der Waals surface area contributed by atoms with Crippen molar-refractivity contribution in [2.75, 3.05) is 33.7 Å². The van der Waals surface area contributed by atoms with E-state index in [9.17, 15) is 4.79 Å². The molecule has 0 radical (unpaired) electrons. The van der Waals surface area contributed by atoms with Crippen molar-refractivity contribution >= 4 is 17.5 Å². The Morgan fingerprint density at radius 3 is 2.53 bits per heavy atom. The van der Waals surface area contributed by atoms with Gasteiger partial charge in [0.2, 0.25) is 5.22 Å². The number of furan rings is 1. The SMILES string of the molecule is CCCN(CCN(C)C)C(=O)c1ccoc1Cl. The molecule has 1 rings (SSSR count). The van der Waals surface area contributed by atoms with Crippen molar-refractivity contribution in [2.45, 2.75) is 13.3 Å². The molecule has 0 unspecified atom stereocenters. The van der Waals surface area contributed by atoms with Crippen molar-refractivity contribution in [3.8, 4) is 0 Å². The number of likely N-dealkylation sites (N-methyl/N-ethyl adjacent to an activating group) is 1. The summed E-state index contributed by atoms with van der Waals surface area (Å²) in [4.78, 5) is 16.0. The number of nitrogens with zero attached hydrogens (tertiary/aromatic N) is 2. The summed E-state index contributed by atoms with van der Waals surface area (Å²) >= 11 is 5.82. The van der Waals surface area contributed by atoms with E-state index >= 15 is 0 Å². The maximum Gasteiger partial charge on any atom is 0.258 e. The second-order valence-corrected chi connectivity index (χ2v) is 4.55. The third-order valence-electron chi connectivity index (χ3n) is 2.45. The molecular formula is C12H19ClN2O2. The monoisotopic (exact) mass is 258 g/mol. The third kappa shape index (κ3) is 4.06. The first-order valence-corrected chi connectivity index (χ1v) is 6.11. The van der Waals surface area contributed by atoms with Crippen LogP contribution in [0.15, 0.2) is 16.7 Å². The molecule has 0 spiro atoms. The minimum absolute atomic E-state index is 0.0625. The van der Waals surface area contributed by atoms with E-state index in [1.54, 1.807) is 11.0 Å². The number of hydrogen-bond acceptors (Lipinski definition) is 3. The zero-order valence-corrected chi connectivity index (χ0v) is 11.3. The molecule has 0 aliphatic rings. The Morgan fingerprint density at radius 2 is 2.06 bits per heavy atom. The average Bonchev–Trinajstić information content (AvgIpc) is 2.69. The molecule has 96 valence electrons. The number of halogens is 1. The lowest BCUT2D eigenvalue weighted by Gasteiger charge is -2.23. The molecule has 5 heteroatoms. The fourth-order valence-corrected chi connectivity index (χ4v) is 1.72.